The van der Waals surface area contributed by atoms with E-state index in [1.165, 1.54) is 18.4 Å². The van der Waals surface area contributed by atoms with Crippen LogP contribution < -0.4 is 15.0 Å². The lowest BCUT2D eigenvalue weighted by atomic mass is 10.2. The number of hydrogen-bond acceptors (Lipinski definition) is 9. The SMILES string of the molecule is O=C(c1ccco1)N1CCN(c2ncnc(NCc3cccc(OC(F)(F)F)c3)c2[N+](=O)[O-])CC1. The van der Waals surface area contributed by atoms with Gasteiger partial charge in [0.25, 0.3) is 5.91 Å². The normalized spacial score (nSPS) is 14.0. The first-order chi connectivity index (χ1) is 16.7. The first-order valence-electron chi connectivity index (χ1n) is 10.4. The monoisotopic (exact) mass is 492 g/mol. The Labute approximate surface area is 196 Å². The third-order valence-electron chi connectivity index (χ3n) is 5.18. The molecule has 1 saturated heterocycles. The number of nitro groups is 1. The minimum atomic E-state index is -4.83. The largest absolute Gasteiger partial charge is 0.573 e. The Hall–Kier alpha value is -4.36. The van der Waals surface area contributed by atoms with Crippen molar-refractivity contribution in [2.24, 2.45) is 0 Å². The van der Waals surface area contributed by atoms with Crippen LogP contribution in [-0.4, -0.2) is 58.2 Å². The Morgan fingerprint density at radius 1 is 1.17 bits per heavy atom. The average Bonchev–Trinajstić information content (AvgIpc) is 3.36. The van der Waals surface area contributed by atoms with E-state index in [9.17, 15) is 28.1 Å². The topological polar surface area (TPSA) is 127 Å². The van der Waals surface area contributed by atoms with E-state index in [1.807, 2.05) is 0 Å². The third kappa shape index (κ3) is 5.77. The molecule has 14 heteroatoms. The number of furan rings is 1. The second-order valence-corrected chi connectivity index (χ2v) is 7.46. The number of hydrogen-bond donors (Lipinski definition) is 1. The summed E-state index contributed by atoms with van der Waals surface area (Å²) in [6.45, 7) is 1.14. The molecule has 1 aromatic carbocycles. The van der Waals surface area contributed by atoms with Crippen LogP contribution in [-0.2, 0) is 6.54 Å². The Bertz CT molecular complexity index is 1200. The molecule has 1 aliphatic heterocycles. The van der Waals surface area contributed by atoms with Crippen molar-refractivity contribution >= 4 is 23.2 Å². The van der Waals surface area contributed by atoms with Gasteiger partial charge in [0.15, 0.2) is 5.76 Å². The lowest BCUT2D eigenvalue weighted by Gasteiger charge is -2.34. The molecule has 3 heterocycles. The molecule has 184 valence electrons. The fraction of sp³-hybridized carbons (Fsp3) is 0.286. The van der Waals surface area contributed by atoms with Crippen LogP contribution in [0, 0.1) is 10.1 Å². The number of piperazine rings is 1. The third-order valence-corrected chi connectivity index (χ3v) is 5.18. The van der Waals surface area contributed by atoms with Crippen molar-refractivity contribution < 1.29 is 32.0 Å². The summed E-state index contributed by atoms with van der Waals surface area (Å²) in [6.07, 6.45) is -2.27. The summed E-state index contributed by atoms with van der Waals surface area (Å²) in [5.41, 5.74) is 0.0206. The van der Waals surface area contributed by atoms with E-state index in [-0.39, 0.29) is 35.5 Å². The van der Waals surface area contributed by atoms with Crippen LogP contribution in [0.3, 0.4) is 0 Å². The van der Waals surface area contributed by atoms with Gasteiger partial charge in [-0.15, -0.1) is 13.2 Å². The maximum absolute atomic E-state index is 12.5. The molecule has 0 atom stereocenters. The van der Waals surface area contributed by atoms with Crippen molar-refractivity contribution in [3.05, 3.63) is 70.4 Å². The molecule has 4 rings (SSSR count). The van der Waals surface area contributed by atoms with Crippen LogP contribution in [0.2, 0.25) is 0 Å². The zero-order valence-corrected chi connectivity index (χ0v) is 18.1. The van der Waals surface area contributed by atoms with Crippen LogP contribution in [0.5, 0.6) is 5.75 Å². The Morgan fingerprint density at radius 2 is 1.94 bits per heavy atom. The highest BCUT2D eigenvalue weighted by molar-refractivity contribution is 5.91. The molecule has 11 nitrogen and oxygen atoms in total. The fourth-order valence-electron chi connectivity index (χ4n) is 3.61. The van der Waals surface area contributed by atoms with Crippen LogP contribution in [0.4, 0.5) is 30.5 Å². The zero-order valence-electron chi connectivity index (χ0n) is 18.1. The quantitative estimate of drug-likeness (QED) is 0.390. The van der Waals surface area contributed by atoms with Gasteiger partial charge in [-0.25, -0.2) is 9.97 Å². The number of nitrogens with zero attached hydrogens (tertiary/aromatic N) is 5. The molecular formula is C21H19F3N6O5. The molecule has 0 bridgehead atoms. The van der Waals surface area contributed by atoms with Crippen molar-refractivity contribution in [2.75, 3.05) is 36.4 Å². The van der Waals surface area contributed by atoms with E-state index in [0.717, 1.165) is 12.4 Å². The zero-order chi connectivity index (χ0) is 25.0. The van der Waals surface area contributed by atoms with E-state index >= 15 is 0 Å². The number of aromatic nitrogens is 2. The van der Waals surface area contributed by atoms with E-state index in [0.29, 0.717) is 31.7 Å². The lowest BCUT2D eigenvalue weighted by Crippen LogP contribution is -2.49. The molecule has 0 radical (unpaired) electrons. The molecule has 0 aliphatic carbocycles. The maximum Gasteiger partial charge on any atom is 0.573 e. The van der Waals surface area contributed by atoms with Gasteiger partial charge in [-0.3, -0.25) is 14.9 Å². The van der Waals surface area contributed by atoms with Gasteiger partial charge in [-0.2, -0.15) is 0 Å². The molecule has 3 aromatic rings. The predicted molar refractivity (Wildman–Crippen MR) is 116 cm³/mol. The van der Waals surface area contributed by atoms with Gasteiger partial charge < -0.3 is 24.3 Å². The van der Waals surface area contributed by atoms with Crippen LogP contribution >= 0.6 is 0 Å². The molecule has 0 saturated carbocycles. The molecule has 0 unspecified atom stereocenters. The van der Waals surface area contributed by atoms with Gasteiger partial charge >= 0.3 is 12.0 Å². The van der Waals surface area contributed by atoms with Crippen molar-refractivity contribution in [3.63, 3.8) is 0 Å². The number of alkyl halides is 3. The smallest absolute Gasteiger partial charge is 0.459 e. The van der Waals surface area contributed by atoms with Crippen LogP contribution in [0.25, 0.3) is 0 Å². The Kier molecular flexibility index (Phi) is 6.71. The summed E-state index contributed by atoms with van der Waals surface area (Å²) >= 11 is 0. The number of rotatable bonds is 7. The van der Waals surface area contributed by atoms with Gasteiger partial charge in [-0.05, 0) is 29.8 Å². The fourth-order valence-corrected chi connectivity index (χ4v) is 3.61. The number of amides is 1. The molecular weight excluding hydrogens is 473 g/mol. The van der Waals surface area contributed by atoms with Gasteiger partial charge in [-0.1, -0.05) is 12.1 Å². The first kappa shape index (κ1) is 23.8. The maximum atomic E-state index is 12.5. The number of carbonyl (C=O) groups is 1. The van der Waals surface area contributed by atoms with Crippen molar-refractivity contribution in [3.8, 4) is 5.75 Å². The molecule has 35 heavy (non-hydrogen) atoms. The second kappa shape index (κ2) is 9.87. The van der Waals surface area contributed by atoms with E-state index < -0.39 is 17.0 Å². The van der Waals surface area contributed by atoms with Gasteiger partial charge in [0.2, 0.25) is 11.6 Å². The minimum absolute atomic E-state index is 0.0439. The number of benzene rings is 1. The van der Waals surface area contributed by atoms with Crippen molar-refractivity contribution in [1.29, 1.82) is 0 Å². The Morgan fingerprint density at radius 3 is 2.60 bits per heavy atom. The summed E-state index contributed by atoms with van der Waals surface area (Å²) in [4.78, 5) is 35.0. The second-order valence-electron chi connectivity index (χ2n) is 7.46. The molecule has 2 aromatic heterocycles. The summed E-state index contributed by atoms with van der Waals surface area (Å²) < 4.78 is 46.4. The molecule has 1 amide bonds. The average molecular weight is 492 g/mol. The van der Waals surface area contributed by atoms with Crippen molar-refractivity contribution in [2.45, 2.75) is 12.9 Å². The molecule has 1 N–H and O–H groups in total. The van der Waals surface area contributed by atoms with E-state index in [2.05, 4.69) is 20.0 Å². The van der Waals surface area contributed by atoms with E-state index in [4.69, 9.17) is 4.42 Å². The first-order valence-corrected chi connectivity index (χ1v) is 10.4. The van der Waals surface area contributed by atoms with Gasteiger partial charge in [0.1, 0.15) is 12.1 Å². The highest BCUT2D eigenvalue weighted by atomic mass is 19.4. The summed E-state index contributed by atoms with van der Waals surface area (Å²) in [6, 6.07) is 8.41. The van der Waals surface area contributed by atoms with Gasteiger partial charge in [0, 0.05) is 32.7 Å². The number of ether oxygens (including phenoxy) is 1. The predicted octanol–water partition coefficient (Wildman–Crippen LogP) is 3.45. The lowest BCUT2D eigenvalue weighted by molar-refractivity contribution is -0.383. The highest BCUT2D eigenvalue weighted by Crippen LogP contribution is 2.33. The number of carbonyl (C=O) groups excluding carboxylic acids is 1. The number of anilines is 2. The van der Waals surface area contributed by atoms with Crippen molar-refractivity contribution in [1.82, 2.24) is 14.9 Å². The number of halogens is 3. The minimum Gasteiger partial charge on any atom is -0.459 e. The molecule has 0 spiro atoms. The van der Waals surface area contributed by atoms with Crippen LogP contribution in [0.15, 0.2) is 53.4 Å². The van der Waals surface area contributed by atoms with E-state index in [1.54, 1.807) is 28.0 Å². The standard InChI is InChI=1S/C21H19F3N6O5/c22-21(23,24)35-15-4-1-3-14(11-15)12-25-18-17(30(32)33)19(27-13-26-18)28-6-8-29(9-7-28)20(31)16-5-2-10-34-16/h1-5,10-11,13H,6-9,12H2,(H,25,26,27). The number of nitrogens with one attached hydrogen (secondary N) is 1. The highest BCUT2D eigenvalue weighted by Gasteiger charge is 2.32. The summed E-state index contributed by atoms with van der Waals surface area (Å²) in [5.74, 6) is -0.479. The molecule has 1 aliphatic rings. The Balaban J connectivity index is 1.46. The summed E-state index contributed by atoms with van der Waals surface area (Å²) in [5, 5.41) is 14.7. The van der Waals surface area contributed by atoms with Crippen LogP contribution in [0.1, 0.15) is 16.1 Å². The van der Waals surface area contributed by atoms with Gasteiger partial charge in [0.05, 0.1) is 11.2 Å². The molecule has 1 fully saturated rings. The summed E-state index contributed by atoms with van der Waals surface area (Å²) in [7, 11) is 0.